The molecule has 1 unspecified atom stereocenters. The summed E-state index contributed by atoms with van der Waals surface area (Å²) in [4.78, 5) is 10.7. The first-order valence-electron chi connectivity index (χ1n) is 4.15. The summed E-state index contributed by atoms with van der Waals surface area (Å²) in [6.45, 7) is 2.03. The topological polar surface area (TPSA) is 26.3 Å². The molecule has 0 spiro atoms. The van der Waals surface area contributed by atoms with Crippen LogP contribution >= 0.6 is 27.5 Å². The second-order valence-electron chi connectivity index (χ2n) is 2.88. The molecule has 0 radical (unpaired) electrons. The zero-order chi connectivity index (χ0) is 10.6. The Hall–Kier alpha value is -0.380. The minimum atomic E-state index is -0.555. The van der Waals surface area contributed by atoms with Crippen LogP contribution in [0.4, 0.5) is 0 Å². The van der Waals surface area contributed by atoms with Crippen molar-refractivity contribution in [3.63, 3.8) is 0 Å². The van der Waals surface area contributed by atoms with Crippen LogP contribution in [0.25, 0.3) is 0 Å². The predicted octanol–water partition coefficient (Wildman–Crippen LogP) is 3.12. The summed E-state index contributed by atoms with van der Waals surface area (Å²) in [5, 5.41) is -0.470. The summed E-state index contributed by atoms with van der Waals surface area (Å²) in [5.41, 5.74) is 1.01. The van der Waals surface area contributed by atoms with Crippen LogP contribution < -0.4 is 0 Å². The Labute approximate surface area is 96.3 Å². The van der Waals surface area contributed by atoms with Gasteiger partial charge in [0.2, 0.25) is 5.24 Å². The molecule has 1 atom stereocenters. The standard InChI is InChI=1S/C10H10BrClO2/c1-7(10(12)13)14-6-8-2-4-9(11)5-3-8/h2-5,7H,6H2,1H3. The van der Waals surface area contributed by atoms with E-state index >= 15 is 0 Å². The van der Waals surface area contributed by atoms with Crippen molar-refractivity contribution in [3.05, 3.63) is 34.3 Å². The number of hydrogen-bond acceptors (Lipinski definition) is 2. The van der Waals surface area contributed by atoms with Crippen LogP contribution in [-0.4, -0.2) is 11.3 Å². The van der Waals surface area contributed by atoms with E-state index in [1.807, 2.05) is 24.3 Å². The van der Waals surface area contributed by atoms with E-state index in [1.54, 1.807) is 6.92 Å². The largest absolute Gasteiger partial charge is 0.365 e. The van der Waals surface area contributed by atoms with Crippen molar-refractivity contribution >= 4 is 32.8 Å². The molecular formula is C10H10BrClO2. The van der Waals surface area contributed by atoms with Crippen LogP contribution in [0.2, 0.25) is 0 Å². The number of ether oxygens (including phenoxy) is 1. The molecule has 14 heavy (non-hydrogen) atoms. The second kappa shape index (κ2) is 5.49. The number of hydrogen-bond donors (Lipinski definition) is 0. The Balaban J connectivity index is 2.46. The third-order valence-electron chi connectivity index (χ3n) is 1.73. The Morgan fingerprint density at radius 3 is 2.57 bits per heavy atom. The second-order valence-corrected chi connectivity index (χ2v) is 4.17. The fourth-order valence-corrected chi connectivity index (χ4v) is 1.19. The van der Waals surface area contributed by atoms with Gasteiger partial charge in [0.05, 0.1) is 6.61 Å². The number of rotatable bonds is 4. The third kappa shape index (κ3) is 3.78. The van der Waals surface area contributed by atoms with Crippen LogP contribution in [0, 0.1) is 0 Å². The minimum absolute atomic E-state index is 0.396. The van der Waals surface area contributed by atoms with Crippen LogP contribution in [0.3, 0.4) is 0 Å². The van der Waals surface area contributed by atoms with Crippen molar-refractivity contribution in [2.75, 3.05) is 0 Å². The highest BCUT2D eigenvalue weighted by molar-refractivity contribution is 9.10. The first kappa shape index (κ1) is 11.7. The third-order valence-corrected chi connectivity index (χ3v) is 2.57. The fraction of sp³-hybridized carbons (Fsp3) is 0.300. The van der Waals surface area contributed by atoms with E-state index in [4.69, 9.17) is 16.3 Å². The van der Waals surface area contributed by atoms with Crippen LogP contribution in [-0.2, 0) is 16.1 Å². The maximum absolute atomic E-state index is 10.7. The molecule has 0 bridgehead atoms. The Kier molecular flexibility index (Phi) is 4.58. The Morgan fingerprint density at radius 1 is 1.50 bits per heavy atom. The monoisotopic (exact) mass is 276 g/mol. The molecule has 0 heterocycles. The van der Waals surface area contributed by atoms with E-state index in [0.717, 1.165) is 10.0 Å². The van der Waals surface area contributed by atoms with Gasteiger partial charge in [0, 0.05) is 4.47 Å². The van der Waals surface area contributed by atoms with Crippen molar-refractivity contribution < 1.29 is 9.53 Å². The lowest BCUT2D eigenvalue weighted by Gasteiger charge is -2.08. The van der Waals surface area contributed by atoms with Crippen molar-refractivity contribution in [2.45, 2.75) is 19.6 Å². The molecule has 0 saturated heterocycles. The van der Waals surface area contributed by atoms with Crippen molar-refractivity contribution in [3.8, 4) is 0 Å². The number of carbonyl (C=O) groups excluding carboxylic acids is 1. The average Bonchev–Trinajstić information content (AvgIpc) is 2.16. The van der Waals surface area contributed by atoms with Gasteiger partial charge in [-0.2, -0.15) is 0 Å². The molecule has 2 nitrogen and oxygen atoms in total. The van der Waals surface area contributed by atoms with E-state index in [2.05, 4.69) is 15.9 Å². The number of carbonyl (C=O) groups is 1. The first-order chi connectivity index (χ1) is 6.59. The summed E-state index contributed by atoms with van der Waals surface area (Å²) in [5.74, 6) is 0. The Bertz CT molecular complexity index is 310. The summed E-state index contributed by atoms with van der Waals surface area (Å²) in [7, 11) is 0. The van der Waals surface area contributed by atoms with Gasteiger partial charge >= 0.3 is 0 Å². The number of benzene rings is 1. The molecule has 1 rings (SSSR count). The molecule has 0 aromatic heterocycles. The molecule has 0 aliphatic rings. The van der Waals surface area contributed by atoms with Gasteiger partial charge in [0.1, 0.15) is 6.10 Å². The van der Waals surface area contributed by atoms with Gasteiger partial charge in [-0.15, -0.1) is 0 Å². The van der Waals surface area contributed by atoms with Gasteiger partial charge < -0.3 is 4.74 Å². The lowest BCUT2D eigenvalue weighted by Crippen LogP contribution is -2.15. The predicted molar refractivity (Wildman–Crippen MR) is 59.3 cm³/mol. The van der Waals surface area contributed by atoms with E-state index in [1.165, 1.54) is 0 Å². The van der Waals surface area contributed by atoms with E-state index in [-0.39, 0.29) is 0 Å². The average molecular weight is 278 g/mol. The molecular weight excluding hydrogens is 267 g/mol. The summed E-state index contributed by atoms with van der Waals surface area (Å²) in [6, 6.07) is 7.70. The number of halogens is 2. The molecule has 1 aromatic carbocycles. The SMILES string of the molecule is CC(OCc1ccc(Br)cc1)C(=O)Cl. The molecule has 0 saturated carbocycles. The first-order valence-corrected chi connectivity index (χ1v) is 5.32. The summed E-state index contributed by atoms with van der Waals surface area (Å²) >= 11 is 8.58. The summed E-state index contributed by atoms with van der Waals surface area (Å²) in [6.07, 6.45) is -0.555. The zero-order valence-electron chi connectivity index (χ0n) is 7.67. The molecule has 0 aliphatic carbocycles. The van der Waals surface area contributed by atoms with E-state index in [9.17, 15) is 4.79 Å². The maximum atomic E-state index is 10.7. The normalized spacial score (nSPS) is 12.5. The van der Waals surface area contributed by atoms with Crippen molar-refractivity contribution in [1.82, 2.24) is 0 Å². The molecule has 4 heteroatoms. The van der Waals surface area contributed by atoms with E-state index < -0.39 is 11.3 Å². The van der Waals surface area contributed by atoms with Gasteiger partial charge in [0.15, 0.2) is 0 Å². The quantitative estimate of drug-likeness (QED) is 0.791. The van der Waals surface area contributed by atoms with Crippen LogP contribution in [0.5, 0.6) is 0 Å². The zero-order valence-corrected chi connectivity index (χ0v) is 10.0. The van der Waals surface area contributed by atoms with Gasteiger partial charge in [-0.05, 0) is 36.2 Å². The van der Waals surface area contributed by atoms with Crippen LogP contribution in [0.1, 0.15) is 12.5 Å². The molecule has 0 N–H and O–H groups in total. The van der Waals surface area contributed by atoms with Crippen molar-refractivity contribution in [2.24, 2.45) is 0 Å². The molecule has 0 amide bonds. The molecule has 76 valence electrons. The lowest BCUT2D eigenvalue weighted by molar-refractivity contribution is -0.122. The van der Waals surface area contributed by atoms with Gasteiger partial charge in [-0.3, -0.25) is 4.79 Å². The van der Waals surface area contributed by atoms with Gasteiger partial charge in [0.25, 0.3) is 0 Å². The van der Waals surface area contributed by atoms with Gasteiger partial charge in [-0.1, -0.05) is 28.1 Å². The van der Waals surface area contributed by atoms with Gasteiger partial charge in [-0.25, -0.2) is 0 Å². The molecule has 0 aliphatic heterocycles. The Morgan fingerprint density at radius 2 is 2.07 bits per heavy atom. The lowest BCUT2D eigenvalue weighted by atomic mass is 10.2. The summed E-state index contributed by atoms with van der Waals surface area (Å²) < 4.78 is 6.25. The molecule has 1 aromatic rings. The molecule has 0 fully saturated rings. The van der Waals surface area contributed by atoms with Crippen molar-refractivity contribution in [1.29, 1.82) is 0 Å². The highest BCUT2D eigenvalue weighted by Gasteiger charge is 2.09. The maximum Gasteiger partial charge on any atom is 0.250 e. The fourth-order valence-electron chi connectivity index (χ4n) is 0.867. The van der Waals surface area contributed by atoms with E-state index in [0.29, 0.717) is 6.61 Å². The smallest absolute Gasteiger partial charge is 0.250 e. The minimum Gasteiger partial charge on any atom is -0.365 e. The highest BCUT2D eigenvalue weighted by atomic mass is 79.9. The highest BCUT2D eigenvalue weighted by Crippen LogP contribution is 2.12. The van der Waals surface area contributed by atoms with Crippen LogP contribution in [0.15, 0.2) is 28.7 Å².